The second-order valence-electron chi connectivity index (χ2n) is 5.33. The first kappa shape index (κ1) is 14.4. The molecule has 2 rings (SSSR count). The van der Waals surface area contributed by atoms with Crippen LogP contribution in [0.4, 0.5) is 5.69 Å². The number of rotatable bonds is 2. The quantitative estimate of drug-likeness (QED) is 0.598. The Kier molecular flexibility index (Phi) is 4.27. The van der Waals surface area contributed by atoms with Crippen LogP contribution < -0.4 is 4.90 Å². The Morgan fingerprint density at radius 1 is 1.20 bits per heavy atom. The Morgan fingerprint density at radius 3 is 2.50 bits per heavy atom. The van der Waals surface area contributed by atoms with Crippen LogP contribution in [0.25, 0.3) is 0 Å². The zero-order valence-corrected chi connectivity index (χ0v) is 12.6. The minimum absolute atomic E-state index is 0.0520. The van der Waals surface area contributed by atoms with Gasteiger partial charge >= 0.3 is 0 Å². The third-order valence-electron chi connectivity index (χ3n) is 3.34. The predicted molar refractivity (Wildman–Crippen MR) is 82.2 cm³/mol. The zero-order chi connectivity index (χ0) is 14.7. The molecule has 0 spiro atoms. The van der Waals surface area contributed by atoms with Crippen molar-refractivity contribution in [2.75, 3.05) is 46.2 Å². The molecular weight excluding hydrogens is 252 g/mol. The summed E-state index contributed by atoms with van der Waals surface area (Å²) in [4.78, 5) is 22.4. The number of amides is 1. The van der Waals surface area contributed by atoms with Crippen molar-refractivity contribution in [3.63, 3.8) is 0 Å². The molecule has 1 heterocycles. The summed E-state index contributed by atoms with van der Waals surface area (Å²) < 4.78 is 0. The first-order valence-corrected chi connectivity index (χ1v) is 6.78. The Morgan fingerprint density at radius 2 is 1.85 bits per heavy atom. The van der Waals surface area contributed by atoms with Gasteiger partial charge in [0.1, 0.15) is 6.54 Å². The average molecular weight is 274 g/mol. The summed E-state index contributed by atoms with van der Waals surface area (Å²) in [6.07, 6.45) is 0.930. The number of guanidine groups is 1. The van der Waals surface area contributed by atoms with E-state index in [1.165, 1.54) is 5.56 Å². The molecule has 20 heavy (non-hydrogen) atoms. The van der Waals surface area contributed by atoms with E-state index in [2.05, 4.69) is 11.1 Å². The first-order valence-electron chi connectivity index (χ1n) is 6.78. The van der Waals surface area contributed by atoms with Crippen molar-refractivity contribution >= 4 is 17.6 Å². The number of aliphatic imine (C=N–C) groups is 1. The Bertz CT molecular complexity index is 512. The molecule has 0 aliphatic carbocycles. The topological polar surface area (TPSA) is 39.2 Å². The van der Waals surface area contributed by atoms with Gasteiger partial charge in [-0.2, -0.15) is 0 Å². The molecule has 1 aliphatic heterocycles. The molecular formula is C15H22N4O. The Hall–Kier alpha value is -2.04. The van der Waals surface area contributed by atoms with Crippen LogP contribution in [0.3, 0.4) is 0 Å². The highest BCUT2D eigenvalue weighted by atomic mass is 16.2. The number of hydrogen-bond donors (Lipinski definition) is 0. The van der Waals surface area contributed by atoms with Crippen LogP contribution in [-0.2, 0) is 11.2 Å². The first-order chi connectivity index (χ1) is 9.50. The second-order valence-corrected chi connectivity index (χ2v) is 5.33. The van der Waals surface area contributed by atoms with E-state index in [1.54, 1.807) is 0 Å². The Labute approximate surface area is 120 Å². The molecule has 5 heteroatoms. The molecule has 1 aliphatic rings. The lowest BCUT2D eigenvalue weighted by Crippen LogP contribution is -2.37. The number of fused-ring (bicyclic) bond motifs is 1. The van der Waals surface area contributed by atoms with E-state index in [1.807, 2.05) is 61.1 Å². The summed E-state index contributed by atoms with van der Waals surface area (Å²) in [5.74, 6) is 0.849. The monoisotopic (exact) mass is 274 g/mol. The predicted octanol–water partition coefficient (Wildman–Crippen LogP) is 1.05. The van der Waals surface area contributed by atoms with Gasteiger partial charge in [0.15, 0.2) is 5.96 Å². The maximum atomic E-state index is 12.3. The fraction of sp³-hybridized carbons (Fsp3) is 0.467. The average Bonchev–Trinajstić information content (AvgIpc) is 2.81. The number of benzene rings is 1. The fourth-order valence-electron chi connectivity index (χ4n) is 2.50. The van der Waals surface area contributed by atoms with E-state index in [9.17, 15) is 4.79 Å². The number of carbonyl (C=O) groups excluding carboxylic acids is 1. The number of anilines is 1. The molecule has 0 unspecified atom stereocenters. The Balaban J connectivity index is 2.09. The van der Waals surface area contributed by atoms with Crippen LogP contribution in [0, 0.1) is 0 Å². The van der Waals surface area contributed by atoms with Crippen molar-refractivity contribution in [3.8, 4) is 0 Å². The molecule has 0 bridgehead atoms. The van der Waals surface area contributed by atoms with E-state index in [-0.39, 0.29) is 12.5 Å². The minimum atomic E-state index is 0.0520. The smallest absolute Gasteiger partial charge is 0.248 e. The highest BCUT2D eigenvalue weighted by Crippen LogP contribution is 2.27. The third kappa shape index (κ3) is 2.92. The van der Waals surface area contributed by atoms with Gasteiger partial charge in [-0.05, 0) is 18.1 Å². The van der Waals surface area contributed by atoms with Crippen molar-refractivity contribution in [2.45, 2.75) is 6.42 Å². The van der Waals surface area contributed by atoms with Crippen molar-refractivity contribution < 1.29 is 4.79 Å². The van der Waals surface area contributed by atoms with Crippen molar-refractivity contribution in [1.82, 2.24) is 9.80 Å². The van der Waals surface area contributed by atoms with Crippen LogP contribution in [0.5, 0.6) is 0 Å². The van der Waals surface area contributed by atoms with Gasteiger partial charge in [0.05, 0.1) is 0 Å². The summed E-state index contributed by atoms with van der Waals surface area (Å²) in [5, 5.41) is 0. The molecule has 0 fully saturated rings. The normalized spacial score (nSPS) is 12.9. The van der Waals surface area contributed by atoms with E-state index < -0.39 is 0 Å². The molecule has 0 saturated heterocycles. The summed E-state index contributed by atoms with van der Waals surface area (Å²) in [6.45, 7) is 0.937. The summed E-state index contributed by atoms with van der Waals surface area (Å²) in [7, 11) is 7.70. The van der Waals surface area contributed by atoms with Crippen molar-refractivity contribution in [1.29, 1.82) is 0 Å². The van der Waals surface area contributed by atoms with Gasteiger partial charge in [-0.25, -0.2) is 4.99 Å². The zero-order valence-electron chi connectivity index (χ0n) is 12.6. The van der Waals surface area contributed by atoms with Gasteiger partial charge in [-0.15, -0.1) is 0 Å². The number of hydrogen-bond acceptors (Lipinski definition) is 2. The fourth-order valence-corrected chi connectivity index (χ4v) is 2.50. The molecule has 0 saturated carbocycles. The van der Waals surface area contributed by atoms with Crippen LogP contribution in [0.15, 0.2) is 29.3 Å². The largest absolute Gasteiger partial charge is 0.349 e. The third-order valence-corrected chi connectivity index (χ3v) is 3.34. The molecule has 0 atom stereocenters. The van der Waals surface area contributed by atoms with Gasteiger partial charge in [-0.3, -0.25) is 4.79 Å². The van der Waals surface area contributed by atoms with Crippen LogP contribution >= 0.6 is 0 Å². The lowest BCUT2D eigenvalue weighted by Gasteiger charge is -2.23. The number of carbonyl (C=O) groups is 1. The van der Waals surface area contributed by atoms with Crippen LogP contribution in [0.2, 0.25) is 0 Å². The molecule has 1 aromatic carbocycles. The second kappa shape index (κ2) is 5.94. The van der Waals surface area contributed by atoms with E-state index in [4.69, 9.17) is 0 Å². The van der Waals surface area contributed by atoms with E-state index in [0.29, 0.717) is 0 Å². The molecule has 0 aromatic heterocycles. The molecule has 5 nitrogen and oxygen atoms in total. The van der Waals surface area contributed by atoms with Gasteiger partial charge in [0.2, 0.25) is 5.91 Å². The van der Waals surface area contributed by atoms with Crippen molar-refractivity contribution in [2.24, 2.45) is 4.99 Å². The molecule has 0 N–H and O–H groups in total. The van der Waals surface area contributed by atoms with Gasteiger partial charge in [-0.1, -0.05) is 18.2 Å². The van der Waals surface area contributed by atoms with Gasteiger partial charge in [0, 0.05) is 40.4 Å². The van der Waals surface area contributed by atoms with Gasteiger partial charge < -0.3 is 14.7 Å². The summed E-state index contributed by atoms with van der Waals surface area (Å²) in [5.41, 5.74) is 2.27. The van der Waals surface area contributed by atoms with E-state index >= 15 is 0 Å². The molecule has 1 aromatic rings. The van der Waals surface area contributed by atoms with Crippen LogP contribution in [0.1, 0.15) is 5.56 Å². The lowest BCUT2D eigenvalue weighted by atomic mass is 10.2. The van der Waals surface area contributed by atoms with E-state index in [0.717, 1.165) is 24.6 Å². The standard InChI is InChI=1S/C15H22N4O/c1-17(2)15(18(3)4)16-11-14(20)19-10-9-12-7-5-6-8-13(12)19/h5-8H,9-11H2,1-4H3. The SMILES string of the molecule is CN(C)C(=NCC(=O)N1CCc2ccccc21)N(C)C. The maximum Gasteiger partial charge on any atom is 0.248 e. The molecule has 108 valence electrons. The van der Waals surface area contributed by atoms with Crippen molar-refractivity contribution in [3.05, 3.63) is 29.8 Å². The molecule has 0 radical (unpaired) electrons. The number of nitrogens with zero attached hydrogens (tertiary/aromatic N) is 4. The summed E-state index contributed by atoms with van der Waals surface area (Å²) in [6, 6.07) is 8.07. The molecule has 1 amide bonds. The van der Waals surface area contributed by atoms with Gasteiger partial charge in [0.25, 0.3) is 0 Å². The summed E-state index contributed by atoms with van der Waals surface area (Å²) >= 11 is 0. The lowest BCUT2D eigenvalue weighted by molar-refractivity contribution is -0.117. The maximum absolute atomic E-state index is 12.3. The number of para-hydroxylation sites is 1. The highest BCUT2D eigenvalue weighted by molar-refractivity contribution is 5.98. The highest BCUT2D eigenvalue weighted by Gasteiger charge is 2.23. The minimum Gasteiger partial charge on any atom is -0.349 e. The van der Waals surface area contributed by atoms with Crippen LogP contribution in [-0.4, -0.2) is 62.9 Å².